The molecule has 0 unspecified atom stereocenters. The average Bonchev–Trinajstić information content (AvgIpc) is 2.59. The lowest BCUT2D eigenvalue weighted by Crippen LogP contribution is -2.05. The Bertz CT molecular complexity index is 511. The van der Waals surface area contributed by atoms with Gasteiger partial charge >= 0.3 is 0 Å². The number of allylic oxidation sites excluding steroid dienone is 3. The molecule has 5 nitrogen and oxygen atoms in total. The smallest absolute Gasteiger partial charge is 0.189 e. The third kappa shape index (κ3) is 4.42. The molecule has 96 valence electrons. The number of nitrogens with one attached hydrogen (secondary N) is 2. The Morgan fingerprint density at radius 1 is 1.50 bits per heavy atom. The van der Waals surface area contributed by atoms with Crippen LogP contribution in [-0.4, -0.2) is 10.8 Å². The van der Waals surface area contributed by atoms with Gasteiger partial charge in [0.2, 0.25) is 0 Å². The van der Waals surface area contributed by atoms with Crippen LogP contribution in [0.2, 0.25) is 0 Å². The third-order valence-corrected chi connectivity index (χ3v) is 2.77. The Balaban J connectivity index is 2.67. The van der Waals surface area contributed by atoms with Gasteiger partial charge < -0.3 is 16.8 Å². The summed E-state index contributed by atoms with van der Waals surface area (Å²) in [5.74, 6) is 0.0333. The van der Waals surface area contributed by atoms with Gasteiger partial charge in [-0.25, -0.2) is 4.98 Å². The second-order valence-corrected chi connectivity index (χ2v) is 4.62. The molecular formula is C12H17N5S. The average molecular weight is 263 g/mol. The molecule has 0 spiro atoms. The SMILES string of the molecule is C/C=C\c1nc(N/C=C/C(C)=C\C(=N)N)sc1N. The monoisotopic (exact) mass is 263 g/mol. The van der Waals surface area contributed by atoms with Crippen LogP contribution in [0, 0.1) is 5.41 Å². The highest BCUT2D eigenvalue weighted by Crippen LogP contribution is 2.26. The zero-order valence-electron chi connectivity index (χ0n) is 10.4. The van der Waals surface area contributed by atoms with Gasteiger partial charge in [-0.2, -0.15) is 0 Å². The number of rotatable bonds is 5. The molecular weight excluding hydrogens is 246 g/mol. The van der Waals surface area contributed by atoms with Crippen LogP contribution < -0.4 is 16.8 Å². The van der Waals surface area contributed by atoms with E-state index in [-0.39, 0.29) is 5.84 Å². The van der Waals surface area contributed by atoms with Crippen molar-refractivity contribution in [3.05, 3.63) is 35.7 Å². The number of nitrogen functional groups attached to an aromatic ring is 1. The maximum Gasteiger partial charge on any atom is 0.189 e. The first-order valence-corrected chi connectivity index (χ1v) is 6.19. The number of amidine groups is 1. The van der Waals surface area contributed by atoms with Crippen molar-refractivity contribution in [3.8, 4) is 0 Å². The number of hydrogen-bond donors (Lipinski definition) is 4. The highest BCUT2D eigenvalue weighted by Gasteiger charge is 2.03. The maximum absolute atomic E-state index is 7.11. The fourth-order valence-electron chi connectivity index (χ4n) is 1.22. The van der Waals surface area contributed by atoms with Gasteiger partial charge in [0.25, 0.3) is 0 Å². The Morgan fingerprint density at radius 3 is 2.83 bits per heavy atom. The summed E-state index contributed by atoms with van der Waals surface area (Å²) in [5, 5.41) is 11.6. The van der Waals surface area contributed by atoms with Crippen LogP contribution >= 0.6 is 11.3 Å². The molecule has 0 saturated heterocycles. The van der Waals surface area contributed by atoms with Crippen molar-refractivity contribution in [2.45, 2.75) is 13.8 Å². The molecule has 1 aromatic rings. The number of thiazole rings is 1. The van der Waals surface area contributed by atoms with Gasteiger partial charge in [0, 0.05) is 6.20 Å². The Kier molecular flexibility index (Phi) is 5.13. The summed E-state index contributed by atoms with van der Waals surface area (Å²) >= 11 is 1.39. The normalized spacial score (nSPS) is 12.4. The summed E-state index contributed by atoms with van der Waals surface area (Å²) in [6, 6.07) is 0. The summed E-state index contributed by atoms with van der Waals surface area (Å²) in [7, 11) is 0. The van der Waals surface area contributed by atoms with Crippen molar-refractivity contribution in [2.24, 2.45) is 5.73 Å². The Hall–Kier alpha value is -2.08. The molecule has 0 radical (unpaired) electrons. The number of hydrogen-bond acceptors (Lipinski definition) is 5. The van der Waals surface area contributed by atoms with Crippen LogP contribution in [0.4, 0.5) is 10.1 Å². The van der Waals surface area contributed by atoms with E-state index in [9.17, 15) is 0 Å². The maximum atomic E-state index is 7.11. The van der Waals surface area contributed by atoms with Gasteiger partial charge in [-0.3, -0.25) is 5.41 Å². The van der Waals surface area contributed by atoms with Crippen LogP contribution in [-0.2, 0) is 0 Å². The van der Waals surface area contributed by atoms with Gasteiger partial charge in [0.15, 0.2) is 5.13 Å². The minimum Gasteiger partial charge on any atom is -0.389 e. The minimum absolute atomic E-state index is 0.0333. The summed E-state index contributed by atoms with van der Waals surface area (Å²) < 4.78 is 0. The Morgan fingerprint density at radius 2 is 2.22 bits per heavy atom. The number of nitrogens with zero attached hydrogens (tertiary/aromatic N) is 1. The van der Waals surface area contributed by atoms with Crippen LogP contribution in [0.3, 0.4) is 0 Å². The quantitative estimate of drug-likeness (QED) is 0.372. The Labute approximate surface area is 110 Å². The molecule has 0 aliphatic carbocycles. The van der Waals surface area contributed by atoms with E-state index in [1.54, 1.807) is 12.3 Å². The summed E-state index contributed by atoms with van der Waals surface area (Å²) in [6.07, 6.45) is 8.88. The molecule has 0 fully saturated rings. The molecule has 1 rings (SSSR count). The third-order valence-electron chi connectivity index (χ3n) is 1.94. The largest absolute Gasteiger partial charge is 0.389 e. The van der Waals surface area contributed by atoms with Gasteiger partial charge in [-0.15, -0.1) is 0 Å². The molecule has 0 aliphatic heterocycles. The second-order valence-electron chi connectivity index (χ2n) is 3.59. The highest BCUT2D eigenvalue weighted by molar-refractivity contribution is 7.19. The molecule has 18 heavy (non-hydrogen) atoms. The molecule has 0 amide bonds. The van der Waals surface area contributed by atoms with Crippen molar-refractivity contribution in [1.82, 2.24) is 4.98 Å². The summed E-state index contributed by atoms with van der Waals surface area (Å²) in [6.45, 7) is 3.78. The van der Waals surface area contributed by atoms with Gasteiger partial charge in [0.05, 0.1) is 5.69 Å². The molecule has 1 heterocycles. The molecule has 0 saturated carbocycles. The van der Waals surface area contributed by atoms with Crippen LogP contribution in [0.5, 0.6) is 0 Å². The molecule has 0 atom stereocenters. The molecule has 6 N–H and O–H groups in total. The zero-order valence-corrected chi connectivity index (χ0v) is 11.2. The number of anilines is 2. The molecule has 0 aromatic carbocycles. The van der Waals surface area contributed by atoms with Crippen molar-refractivity contribution in [3.63, 3.8) is 0 Å². The fourth-order valence-corrected chi connectivity index (χ4v) is 1.92. The molecule has 1 aromatic heterocycles. The van der Waals surface area contributed by atoms with Crippen LogP contribution in [0.15, 0.2) is 30.0 Å². The van der Waals surface area contributed by atoms with Crippen molar-refractivity contribution >= 4 is 33.4 Å². The fraction of sp³-hybridized carbons (Fsp3) is 0.167. The highest BCUT2D eigenvalue weighted by atomic mass is 32.1. The van der Waals surface area contributed by atoms with Gasteiger partial charge in [-0.1, -0.05) is 17.4 Å². The molecule has 0 aliphatic rings. The van der Waals surface area contributed by atoms with Crippen LogP contribution in [0.25, 0.3) is 6.08 Å². The van der Waals surface area contributed by atoms with Crippen molar-refractivity contribution in [1.29, 1.82) is 5.41 Å². The standard InChI is InChI=1S/C12H17N5S/c1-3-4-9-11(15)18-12(17-9)16-6-5-8(2)7-10(13)14/h3-7H,15H2,1-2H3,(H3,13,14)(H,16,17)/b4-3-,6-5+,8-7-. The second kappa shape index (κ2) is 6.61. The first-order valence-electron chi connectivity index (χ1n) is 5.37. The van der Waals surface area contributed by atoms with E-state index in [4.69, 9.17) is 16.9 Å². The minimum atomic E-state index is 0.0333. The van der Waals surface area contributed by atoms with E-state index < -0.39 is 0 Å². The van der Waals surface area contributed by atoms with Crippen molar-refractivity contribution in [2.75, 3.05) is 11.1 Å². The van der Waals surface area contributed by atoms with Gasteiger partial charge in [-0.05, 0) is 37.6 Å². The van der Waals surface area contributed by atoms with Crippen LogP contribution in [0.1, 0.15) is 19.5 Å². The predicted octanol–water partition coefficient (Wildman–Crippen LogP) is 2.57. The summed E-state index contributed by atoms with van der Waals surface area (Å²) in [5.41, 5.74) is 12.7. The zero-order chi connectivity index (χ0) is 13.5. The van der Waals surface area contributed by atoms with E-state index in [0.29, 0.717) is 5.00 Å². The lowest BCUT2D eigenvalue weighted by molar-refractivity contribution is 1.35. The molecule has 6 heteroatoms. The first kappa shape index (κ1) is 14.0. The summed E-state index contributed by atoms with van der Waals surface area (Å²) in [4.78, 5) is 4.32. The van der Waals surface area contributed by atoms with E-state index in [1.807, 2.05) is 32.1 Å². The predicted molar refractivity (Wildman–Crippen MR) is 79.7 cm³/mol. The van der Waals surface area contributed by atoms with Crippen molar-refractivity contribution < 1.29 is 0 Å². The van der Waals surface area contributed by atoms with Gasteiger partial charge in [0.1, 0.15) is 10.8 Å². The number of aromatic nitrogens is 1. The van der Waals surface area contributed by atoms with E-state index in [1.165, 1.54) is 11.3 Å². The van der Waals surface area contributed by atoms with E-state index in [2.05, 4.69) is 10.3 Å². The first-order chi connectivity index (χ1) is 8.52. The topological polar surface area (TPSA) is 101 Å². The van der Waals surface area contributed by atoms with E-state index in [0.717, 1.165) is 16.4 Å². The lowest BCUT2D eigenvalue weighted by Gasteiger charge is -1.94. The lowest BCUT2D eigenvalue weighted by atomic mass is 10.3. The van der Waals surface area contributed by atoms with E-state index >= 15 is 0 Å². The number of nitrogens with two attached hydrogens (primary N) is 2. The molecule has 0 bridgehead atoms.